The molecule has 0 aliphatic heterocycles. The largest absolute Gasteiger partial charge is 0.466 e. The topological polar surface area (TPSA) is 41.6 Å². The molecule has 140 valence electrons. The van der Waals surface area contributed by atoms with Crippen molar-refractivity contribution < 1.29 is 9.53 Å². The van der Waals surface area contributed by atoms with Gasteiger partial charge in [-0.15, -0.1) is 0 Å². The highest BCUT2D eigenvalue weighted by molar-refractivity contribution is 5.76. The molecular weight excluding hydrogens is 300 g/mol. The molecule has 0 saturated carbocycles. The average molecular weight is 339 g/mol. The molecule has 0 amide bonds. The number of esters is 1. The van der Waals surface area contributed by atoms with Crippen molar-refractivity contribution >= 4 is 5.97 Å². The normalized spacial score (nSPS) is 24.1. The number of unbranched alkanes of at least 4 members (excludes halogenated alkanes) is 2. The summed E-state index contributed by atoms with van der Waals surface area (Å²) in [6, 6.07) is 0.393. The Bertz CT molecular complexity index is 393. The van der Waals surface area contributed by atoms with E-state index in [4.69, 9.17) is 4.74 Å². The minimum atomic E-state index is -0.0402. The first-order valence-electron chi connectivity index (χ1n) is 9.72. The van der Waals surface area contributed by atoms with Crippen molar-refractivity contribution in [2.24, 2.45) is 11.8 Å². The standard InChI is InChI=1S/C20H38N2O2/c1-6-8-9-11-17-15-18(21-12-10-13-22(4)5)14-16(3)19(17)20(23)24-7-2/h14,17-19,21H,6-13,15H2,1-5H3. The first-order chi connectivity index (χ1) is 11.5. The summed E-state index contributed by atoms with van der Waals surface area (Å²) in [5, 5.41) is 3.66. The summed E-state index contributed by atoms with van der Waals surface area (Å²) in [5.74, 6) is 0.340. The molecule has 0 saturated heterocycles. The molecule has 0 fully saturated rings. The second kappa shape index (κ2) is 11.6. The summed E-state index contributed by atoms with van der Waals surface area (Å²) in [6.45, 7) is 8.82. The Kier molecular flexibility index (Phi) is 10.3. The molecule has 0 spiro atoms. The van der Waals surface area contributed by atoms with E-state index < -0.39 is 0 Å². The van der Waals surface area contributed by atoms with E-state index in [-0.39, 0.29) is 11.9 Å². The fourth-order valence-electron chi connectivity index (χ4n) is 3.70. The van der Waals surface area contributed by atoms with Gasteiger partial charge in [0.2, 0.25) is 0 Å². The maximum atomic E-state index is 12.4. The number of ether oxygens (including phenoxy) is 1. The van der Waals surface area contributed by atoms with Crippen LogP contribution < -0.4 is 5.32 Å². The van der Waals surface area contributed by atoms with Crippen LogP contribution in [0.5, 0.6) is 0 Å². The molecule has 1 N–H and O–H groups in total. The maximum absolute atomic E-state index is 12.4. The molecule has 4 nitrogen and oxygen atoms in total. The third kappa shape index (κ3) is 7.35. The van der Waals surface area contributed by atoms with Crippen molar-refractivity contribution in [2.75, 3.05) is 33.8 Å². The third-order valence-electron chi connectivity index (χ3n) is 4.89. The highest BCUT2D eigenvalue weighted by atomic mass is 16.5. The van der Waals surface area contributed by atoms with Crippen molar-refractivity contribution in [1.29, 1.82) is 0 Å². The van der Waals surface area contributed by atoms with E-state index in [1.54, 1.807) is 0 Å². The van der Waals surface area contributed by atoms with Crippen LogP contribution >= 0.6 is 0 Å². The summed E-state index contributed by atoms with van der Waals surface area (Å²) in [6.07, 6.45) is 9.25. The Morgan fingerprint density at radius 3 is 2.67 bits per heavy atom. The molecular formula is C20H38N2O2. The Hall–Kier alpha value is -0.870. The van der Waals surface area contributed by atoms with Crippen molar-refractivity contribution in [3.8, 4) is 0 Å². The lowest BCUT2D eigenvalue weighted by molar-refractivity contribution is -0.148. The van der Waals surface area contributed by atoms with Crippen molar-refractivity contribution in [2.45, 2.75) is 65.3 Å². The maximum Gasteiger partial charge on any atom is 0.313 e. The van der Waals surface area contributed by atoms with Crippen LogP contribution in [0.25, 0.3) is 0 Å². The molecule has 0 heterocycles. The zero-order chi connectivity index (χ0) is 17.9. The monoisotopic (exact) mass is 338 g/mol. The fourth-order valence-corrected chi connectivity index (χ4v) is 3.70. The van der Waals surface area contributed by atoms with Crippen LogP contribution in [0.3, 0.4) is 0 Å². The first kappa shape index (κ1) is 21.2. The van der Waals surface area contributed by atoms with Gasteiger partial charge in [0.15, 0.2) is 0 Å². The molecule has 3 atom stereocenters. The van der Waals surface area contributed by atoms with E-state index in [0.717, 1.165) is 32.4 Å². The van der Waals surface area contributed by atoms with E-state index in [1.165, 1.54) is 24.8 Å². The van der Waals surface area contributed by atoms with E-state index in [1.807, 2.05) is 6.92 Å². The second-order valence-electron chi connectivity index (χ2n) is 7.35. The van der Waals surface area contributed by atoms with Gasteiger partial charge in [-0.2, -0.15) is 0 Å². The summed E-state index contributed by atoms with van der Waals surface area (Å²) in [5.41, 5.74) is 1.19. The van der Waals surface area contributed by atoms with Crippen LogP contribution in [0.2, 0.25) is 0 Å². The number of carbonyl (C=O) groups excluding carboxylic acids is 1. The van der Waals surface area contributed by atoms with Gasteiger partial charge >= 0.3 is 5.97 Å². The van der Waals surface area contributed by atoms with Crippen molar-refractivity contribution in [3.63, 3.8) is 0 Å². The lowest BCUT2D eigenvalue weighted by atomic mass is 9.74. The number of nitrogens with one attached hydrogen (secondary N) is 1. The second-order valence-corrected chi connectivity index (χ2v) is 7.35. The Labute approximate surface area is 149 Å². The Morgan fingerprint density at radius 2 is 2.04 bits per heavy atom. The smallest absolute Gasteiger partial charge is 0.313 e. The van der Waals surface area contributed by atoms with E-state index in [0.29, 0.717) is 18.6 Å². The van der Waals surface area contributed by atoms with Crippen LogP contribution in [0.1, 0.15) is 59.3 Å². The predicted octanol–water partition coefficient (Wildman–Crippen LogP) is 3.62. The van der Waals surface area contributed by atoms with E-state index >= 15 is 0 Å². The highest BCUT2D eigenvalue weighted by Gasteiger charge is 2.35. The Balaban J connectivity index is 2.65. The van der Waals surface area contributed by atoms with Gasteiger partial charge in [-0.3, -0.25) is 4.79 Å². The quantitative estimate of drug-likeness (QED) is 0.355. The van der Waals surface area contributed by atoms with Gasteiger partial charge in [0.05, 0.1) is 12.5 Å². The number of rotatable bonds is 11. The van der Waals surface area contributed by atoms with Crippen LogP contribution in [0.15, 0.2) is 11.6 Å². The van der Waals surface area contributed by atoms with Gasteiger partial charge in [-0.25, -0.2) is 0 Å². The molecule has 24 heavy (non-hydrogen) atoms. The Morgan fingerprint density at radius 1 is 1.29 bits per heavy atom. The zero-order valence-corrected chi connectivity index (χ0v) is 16.4. The molecule has 0 bridgehead atoms. The van der Waals surface area contributed by atoms with Gasteiger partial charge in [0.25, 0.3) is 0 Å². The molecule has 3 unspecified atom stereocenters. The fraction of sp³-hybridized carbons (Fsp3) is 0.850. The minimum absolute atomic E-state index is 0.0289. The summed E-state index contributed by atoms with van der Waals surface area (Å²) in [7, 11) is 4.22. The summed E-state index contributed by atoms with van der Waals surface area (Å²) < 4.78 is 5.34. The SMILES string of the molecule is CCCCCC1CC(NCCCN(C)C)C=C(C)C1C(=O)OCC. The first-order valence-corrected chi connectivity index (χ1v) is 9.72. The average Bonchev–Trinajstić information content (AvgIpc) is 2.51. The minimum Gasteiger partial charge on any atom is -0.466 e. The van der Waals surface area contributed by atoms with Gasteiger partial charge in [0, 0.05) is 6.04 Å². The van der Waals surface area contributed by atoms with E-state index in [9.17, 15) is 4.79 Å². The lowest BCUT2D eigenvalue weighted by Crippen LogP contribution is -2.40. The van der Waals surface area contributed by atoms with Crippen LogP contribution in [-0.4, -0.2) is 50.7 Å². The molecule has 4 heteroatoms. The summed E-state index contributed by atoms with van der Waals surface area (Å²) >= 11 is 0. The molecule has 1 rings (SSSR count). The lowest BCUT2D eigenvalue weighted by Gasteiger charge is -2.34. The number of hydrogen-bond donors (Lipinski definition) is 1. The van der Waals surface area contributed by atoms with Gasteiger partial charge in [-0.05, 0) is 66.2 Å². The predicted molar refractivity (Wildman–Crippen MR) is 101 cm³/mol. The van der Waals surface area contributed by atoms with Crippen LogP contribution in [0, 0.1) is 11.8 Å². The third-order valence-corrected chi connectivity index (χ3v) is 4.89. The molecule has 0 aromatic carbocycles. The van der Waals surface area contributed by atoms with Crippen LogP contribution in [-0.2, 0) is 9.53 Å². The number of carbonyl (C=O) groups is 1. The van der Waals surface area contributed by atoms with Crippen LogP contribution in [0.4, 0.5) is 0 Å². The summed E-state index contributed by atoms with van der Waals surface area (Å²) in [4.78, 5) is 14.6. The number of hydrogen-bond acceptors (Lipinski definition) is 4. The number of nitrogens with zero attached hydrogens (tertiary/aromatic N) is 1. The van der Waals surface area contributed by atoms with E-state index in [2.05, 4.69) is 44.2 Å². The van der Waals surface area contributed by atoms with Gasteiger partial charge < -0.3 is 15.0 Å². The van der Waals surface area contributed by atoms with Gasteiger partial charge in [-0.1, -0.05) is 37.8 Å². The van der Waals surface area contributed by atoms with Crippen molar-refractivity contribution in [1.82, 2.24) is 10.2 Å². The molecule has 0 aromatic rings. The molecule has 0 aromatic heterocycles. The van der Waals surface area contributed by atoms with Crippen molar-refractivity contribution in [3.05, 3.63) is 11.6 Å². The molecule has 1 aliphatic carbocycles. The molecule has 1 aliphatic rings. The van der Waals surface area contributed by atoms with Gasteiger partial charge in [0.1, 0.15) is 0 Å². The highest BCUT2D eigenvalue weighted by Crippen LogP contribution is 2.35. The zero-order valence-electron chi connectivity index (χ0n) is 16.4. The molecule has 0 radical (unpaired) electrons.